The molecule has 1 atom stereocenters. The Labute approximate surface area is 158 Å². The summed E-state index contributed by atoms with van der Waals surface area (Å²) in [5.74, 6) is -2.32. The summed E-state index contributed by atoms with van der Waals surface area (Å²) >= 11 is 1.30. The number of rotatable bonds is 3. The SMILES string of the molecule is CCOC(=O)c1c2n(c3c(F)c(N4CCNCC4)c(F)cc3c1=O)C(C)S2. The van der Waals surface area contributed by atoms with Gasteiger partial charge in [0.25, 0.3) is 0 Å². The molecule has 1 saturated heterocycles. The fraction of sp³-hybridized carbons (Fsp3) is 0.444. The minimum absolute atomic E-state index is 0.0456. The number of carbonyl (C=O) groups excluding carboxylic acids is 1. The van der Waals surface area contributed by atoms with Crippen LogP contribution in [-0.2, 0) is 4.74 Å². The van der Waals surface area contributed by atoms with Crippen LogP contribution in [0.2, 0.25) is 0 Å². The van der Waals surface area contributed by atoms with E-state index in [-0.39, 0.29) is 34.1 Å². The van der Waals surface area contributed by atoms with Gasteiger partial charge in [0.05, 0.1) is 27.9 Å². The van der Waals surface area contributed by atoms with Crippen LogP contribution >= 0.6 is 11.8 Å². The van der Waals surface area contributed by atoms with Gasteiger partial charge in [-0.3, -0.25) is 4.79 Å². The number of nitrogens with one attached hydrogen (secondary N) is 1. The monoisotopic (exact) mass is 395 g/mol. The standard InChI is InChI=1S/C18H19F2N3O3S/c1-3-26-18(25)12-16(24)10-8-11(19)15(22-6-4-21-5-7-22)13(20)14(10)23-9(2)27-17(12)23/h8-9,21H,3-7H2,1-2H3. The zero-order valence-electron chi connectivity index (χ0n) is 15.0. The van der Waals surface area contributed by atoms with Crippen LogP contribution in [-0.4, -0.2) is 43.3 Å². The van der Waals surface area contributed by atoms with Gasteiger partial charge < -0.3 is 19.5 Å². The first-order valence-electron chi connectivity index (χ1n) is 8.85. The van der Waals surface area contributed by atoms with Crippen molar-refractivity contribution in [3.8, 4) is 0 Å². The first-order chi connectivity index (χ1) is 13.0. The maximum Gasteiger partial charge on any atom is 0.344 e. The minimum Gasteiger partial charge on any atom is -0.462 e. The van der Waals surface area contributed by atoms with Crippen LogP contribution in [0.5, 0.6) is 0 Å². The van der Waals surface area contributed by atoms with Crippen molar-refractivity contribution in [2.24, 2.45) is 0 Å². The molecule has 0 amide bonds. The quantitative estimate of drug-likeness (QED) is 0.806. The molecule has 1 aromatic carbocycles. The van der Waals surface area contributed by atoms with Crippen molar-refractivity contribution in [3.05, 3.63) is 33.5 Å². The van der Waals surface area contributed by atoms with Crippen LogP contribution < -0.4 is 15.6 Å². The second-order valence-corrected chi connectivity index (χ2v) is 7.78. The molecule has 2 aromatic rings. The van der Waals surface area contributed by atoms with Crippen molar-refractivity contribution in [1.29, 1.82) is 0 Å². The Morgan fingerprint density at radius 1 is 1.37 bits per heavy atom. The second-order valence-electron chi connectivity index (χ2n) is 6.47. The number of piperazine rings is 1. The molecule has 3 heterocycles. The summed E-state index contributed by atoms with van der Waals surface area (Å²) in [5.41, 5.74) is -0.921. The zero-order chi connectivity index (χ0) is 19.3. The van der Waals surface area contributed by atoms with E-state index in [9.17, 15) is 14.0 Å². The van der Waals surface area contributed by atoms with E-state index in [1.807, 2.05) is 6.92 Å². The molecule has 1 aromatic heterocycles. The Bertz CT molecular complexity index is 1000. The summed E-state index contributed by atoms with van der Waals surface area (Å²) in [4.78, 5) is 26.8. The van der Waals surface area contributed by atoms with Gasteiger partial charge in [0, 0.05) is 26.2 Å². The highest BCUT2D eigenvalue weighted by Crippen LogP contribution is 2.47. The maximum absolute atomic E-state index is 15.4. The molecule has 1 unspecified atom stereocenters. The van der Waals surface area contributed by atoms with E-state index in [0.29, 0.717) is 31.2 Å². The second kappa shape index (κ2) is 6.79. The Hall–Kier alpha value is -2.13. The van der Waals surface area contributed by atoms with E-state index in [1.54, 1.807) is 16.4 Å². The molecule has 6 nitrogen and oxygen atoms in total. The van der Waals surface area contributed by atoms with Crippen LogP contribution in [0.15, 0.2) is 15.9 Å². The van der Waals surface area contributed by atoms with Crippen molar-refractivity contribution in [3.63, 3.8) is 0 Å². The number of esters is 1. The Morgan fingerprint density at radius 3 is 2.70 bits per heavy atom. The molecule has 0 radical (unpaired) electrons. The normalized spacial score (nSPS) is 19.0. The van der Waals surface area contributed by atoms with Gasteiger partial charge >= 0.3 is 5.97 Å². The molecular formula is C18H19F2N3O3S. The molecule has 0 saturated carbocycles. The van der Waals surface area contributed by atoms with Crippen molar-refractivity contribution < 1.29 is 18.3 Å². The summed E-state index contributed by atoms with van der Waals surface area (Å²) in [5, 5.41) is 3.20. The number of aromatic nitrogens is 1. The lowest BCUT2D eigenvalue weighted by molar-refractivity contribution is 0.0518. The smallest absolute Gasteiger partial charge is 0.344 e. The van der Waals surface area contributed by atoms with Gasteiger partial charge in [0.2, 0.25) is 5.43 Å². The van der Waals surface area contributed by atoms with Crippen LogP contribution in [0.25, 0.3) is 10.9 Å². The van der Waals surface area contributed by atoms with Gasteiger partial charge in [-0.2, -0.15) is 0 Å². The average molecular weight is 395 g/mol. The highest BCUT2D eigenvalue weighted by molar-refractivity contribution is 8.00. The first-order valence-corrected chi connectivity index (χ1v) is 9.73. The molecule has 144 valence electrons. The molecule has 1 fully saturated rings. The predicted octanol–water partition coefficient (Wildman–Crippen LogP) is 2.49. The van der Waals surface area contributed by atoms with Crippen molar-refractivity contribution in [2.75, 3.05) is 37.7 Å². The molecule has 2 aliphatic heterocycles. The predicted molar refractivity (Wildman–Crippen MR) is 99.7 cm³/mol. The molecule has 27 heavy (non-hydrogen) atoms. The number of thioether (sulfide) groups is 1. The molecule has 0 spiro atoms. The largest absolute Gasteiger partial charge is 0.462 e. The molecule has 1 N–H and O–H groups in total. The number of hydrogen-bond donors (Lipinski definition) is 1. The third-order valence-corrected chi connectivity index (χ3v) is 6.05. The Kier molecular flexibility index (Phi) is 4.59. The van der Waals surface area contributed by atoms with Crippen LogP contribution in [0, 0.1) is 11.6 Å². The van der Waals surface area contributed by atoms with Crippen molar-refractivity contribution in [1.82, 2.24) is 9.88 Å². The van der Waals surface area contributed by atoms with Crippen molar-refractivity contribution >= 4 is 34.3 Å². The lowest BCUT2D eigenvalue weighted by Crippen LogP contribution is -2.44. The number of fused-ring (bicyclic) bond motifs is 3. The van der Waals surface area contributed by atoms with Gasteiger partial charge in [-0.1, -0.05) is 11.8 Å². The number of carbonyl (C=O) groups is 1. The van der Waals surface area contributed by atoms with E-state index in [0.717, 1.165) is 6.07 Å². The minimum atomic E-state index is -0.797. The first kappa shape index (κ1) is 18.2. The van der Waals surface area contributed by atoms with E-state index < -0.39 is 23.0 Å². The third-order valence-electron chi connectivity index (χ3n) is 4.87. The highest BCUT2D eigenvalue weighted by Gasteiger charge is 2.36. The molecule has 4 rings (SSSR count). The van der Waals surface area contributed by atoms with Gasteiger partial charge in [-0.25, -0.2) is 13.6 Å². The number of ether oxygens (including phenoxy) is 1. The van der Waals surface area contributed by atoms with Crippen LogP contribution in [0.4, 0.5) is 14.5 Å². The fourth-order valence-corrected chi connectivity index (χ4v) is 4.79. The lowest BCUT2D eigenvalue weighted by Gasteiger charge is -2.35. The van der Waals surface area contributed by atoms with Crippen LogP contribution in [0.3, 0.4) is 0 Å². The third kappa shape index (κ3) is 2.71. The summed E-state index contributed by atoms with van der Waals surface area (Å²) < 4.78 is 36.8. The molecule has 0 aliphatic carbocycles. The van der Waals surface area contributed by atoms with E-state index in [1.165, 1.54) is 11.8 Å². The van der Waals surface area contributed by atoms with Crippen molar-refractivity contribution in [2.45, 2.75) is 24.2 Å². The van der Waals surface area contributed by atoms with E-state index in [4.69, 9.17) is 4.74 Å². The fourth-order valence-electron chi connectivity index (χ4n) is 3.65. The topological polar surface area (TPSA) is 63.6 Å². The average Bonchev–Trinajstić information content (AvgIpc) is 2.63. The summed E-state index contributed by atoms with van der Waals surface area (Å²) in [7, 11) is 0. The summed E-state index contributed by atoms with van der Waals surface area (Å²) in [6.07, 6.45) is 0. The van der Waals surface area contributed by atoms with Gasteiger partial charge in [0.1, 0.15) is 17.1 Å². The number of pyridine rings is 1. The van der Waals surface area contributed by atoms with Gasteiger partial charge in [-0.15, -0.1) is 0 Å². The maximum atomic E-state index is 15.4. The van der Waals surface area contributed by atoms with Gasteiger partial charge in [-0.05, 0) is 19.9 Å². The van der Waals surface area contributed by atoms with E-state index >= 15 is 4.39 Å². The lowest BCUT2D eigenvalue weighted by atomic mass is 10.1. The summed E-state index contributed by atoms with van der Waals surface area (Å²) in [6.45, 7) is 5.79. The number of benzene rings is 1. The number of anilines is 1. The number of halogens is 2. The number of hydrogen-bond acceptors (Lipinski definition) is 6. The zero-order valence-corrected chi connectivity index (χ0v) is 15.8. The van der Waals surface area contributed by atoms with Gasteiger partial charge in [0.15, 0.2) is 5.82 Å². The molecular weight excluding hydrogens is 376 g/mol. The molecule has 9 heteroatoms. The van der Waals surface area contributed by atoms with Crippen LogP contribution in [0.1, 0.15) is 29.6 Å². The number of nitrogens with zero attached hydrogens (tertiary/aromatic N) is 2. The molecule has 0 bridgehead atoms. The Balaban J connectivity index is 2.00. The molecule has 2 aliphatic rings. The summed E-state index contributed by atoms with van der Waals surface area (Å²) in [6, 6.07) is 1.05. The Morgan fingerprint density at radius 2 is 2.07 bits per heavy atom. The highest BCUT2D eigenvalue weighted by atomic mass is 32.2. The van der Waals surface area contributed by atoms with E-state index in [2.05, 4.69) is 5.32 Å².